The van der Waals surface area contributed by atoms with Crippen molar-refractivity contribution in [3.63, 3.8) is 0 Å². The van der Waals surface area contributed by atoms with E-state index in [9.17, 15) is 14.4 Å². The zero-order chi connectivity index (χ0) is 21.7. The lowest BCUT2D eigenvalue weighted by molar-refractivity contribution is -0.122. The molecule has 1 heterocycles. The smallest absolute Gasteiger partial charge is 0.335 e. The number of carboxylic acids is 1. The van der Waals surface area contributed by atoms with Crippen LogP contribution in [0.2, 0.25) is 0 Å². The molecule has 0 aliphatic carbocycles. The van der Waals surface area contributed by atoms with E-state index in [2.05, 4.69) is 4.99 Å². The number of thioether (sulfide) groups is 1. The summed E-state index contributed by atoms with van der Waals surface area (Å²) in [5, 5.41) is 9.52. The highest BCUT2D eigenvalue weighted by molar-refractivity contribution is 8.18. The molecule has 0 saturated carbocycles. The molecular formula is C21H19N3O5S. The van der Waals surface area contributed by atoms with Crippen LogP contribution in [0.25, 0.3) is 6.08 Å². The maximum atomic E-state index is 12.7. The molecule has 1 aliphatic rings. The second-order valence-electron chi connectivity index (χ2n) is 6.23. The van der Waals surface area contributed by atoms with Crippen molar-refractivity contribution in [1.82, 2.24) is 4.90 Å². The minimum atomic E-state index is -1.01. The molecule has 0 bridgehead atoms. The molecule has 8 nitrogen and oxygen atoms in total. The number of carboxylic acid groups (broad SMARTS) is 1. The van der Waals surface area contributed by atoms with Gasteiger partial charge in [-0.05, 0) is 66.7 Å². The van der Waals surface area contributed by atoms with Crippen molar-refractivity contribution in [2.45, 2.75) is 6.92 Å². The van der Waals surface area contributed by atoms with E-state index in [0.29, 0.717) is 28.1 Å². The molecule has 30 heavy (non-hydrogen) atoms. The summed E-state index contributed by atoms with van der Waals surface area (Å²) in [7, 11) is 0. The number of hydrogen-bond acceptors (Lipinski definition) is 6. The van der Waals surface area contributed by atoms with Crippen LogP contribution in [0.5, 0.6) is 5.75 Å². The number of ether oxygens (including phenoxy) is 1. The number of amides is 2. The average Bonchev–Trinajstić information content (AvgIpc) is 3.01. The van der Waals surface area contributed by atoms with Crippen LogP contribution in [0.1, 0.15) is 22.8 Å². The summed E-state index contributed by atoms with van der Waals surface area (Å²) in [6.07, 6.45) is 1.75. The van der Waals surface area contributed by atoms with E-state index in [4.69, 9.17) is 15.6 Å². The van der Waals surface area contributed by atoms with Gasteiger partial charge in [0.1, 0.15) is 5.75 Å². The van der Waals surface area contributed by atoms with Crippen LogP contribution in [0.15, 0.2) is 58.4 Å². The molecule has 0 unspecified atom stereocenters. The fraction of sp³-hybridized carbons (Fsp3) is 0.143. The van der Waals surface area contributed by atoms with Crippen LogP contribution in [0.3, 0.4) is 0 Å². The summed E-state index contributed by atoms with van der Waals surface area (Å²) in [4.78, 5) is 41.1. The van der Waals surface area contributed by atoms with Gasteiger partial charge in [-0.25, -0.2) is 9.79 Å². The number of carbonyl (C=O) groups excluding carboxylic acids is 2. The molecule has 0 atom stereocenters. The van der Waals surface area contributed by atoms with E-state index in [-0.39, 0.29) is 18.1 Å². The van der Waals surface area contributed by atoms with E-state index >= 15 is 0 Å². The van der Waals surface area contributed by atoms with E-state index < -0.39 is 11.9 Å². The summed E-state index contributed by atoms with van der Waals surface area (Å²) in [6, 6.07) is 13.1. The third-order valence-electron chi connectivity index (χ3n) is 4.10. The average molecular weight is 425 g/mol. The Kier molecular flexibility index (Phi) is 6.53. The molecule has 154 valence electrons. The summed E-state index contributed by atoms with van der Waals surface area (Å²) in [5.74, 6) is -1.22. The molecule has 1 saturated heterocycles. The predicted molar refractivity (Wildman–Crippen MR) is 115 cm³/mol. The van der Waals surface area contributed by atoms with Gasteiger partial charge in [0.05, 0.1) is 16.2 Å². The maximum absolute atomic E-state index is 12.7. The zero-order valence-corrected chi connectivity index (χ0v) is 16.9. The minimum Gasteiger partial charge on any atom is -0.484 e. The van der Waals surface area contributed by atoms with Crippen molar-refractivity contribution < 1.29 is 24.2 Å². The summed E-state index contributed by atoms with van der Waals surface area (Å²) >= 11 is 1.25. The number of primary amides is 1. The van der Waals surface area contributed by atoms with Gasteiger partial charge in [-0.3, -0.25) is 14.5 Å². The number of carbonyl (C=O) groups is 3. The Morgan fingerprint density at radius 3 is 2.40 bits per heavy atom. The first-order valence-electron chi connectivity index (χ1n) is 9.02. The first kappa shape index (κ1) is 21.1. The van der Waals surface area contributed by atoms with E-state index in [1.54, 1.807) is 47.4 Å². The number of nitrogens with zero attached hydrogens (tertiary/aromatic N) is 2. The largest absolute Gasteiger partial charge is 0.484 e. The van der Waals surface area contributed by atoms with Crippen LogP contribution < -0.4 is 10.5 Å². The number of amidine groups is 1. The third-order valence-corrected chi connectivity index (χ3v) is 5.11. The number of aliphatic imine (C=N–C) groups is 1. The van der Waals surface area contributed by atoms with Gasteiger partial charge in [-0.2, -0.15) is 0 Å². The van der Waals surface area contributed by atoms with Crippen LogP contribution in [-0.4, -0.2) is 46.1 Å². The van der Waals surface area contributed by atoms with Crippen molar-refractivity contribution >= 4 is 46.5 Å². The summed E-state index contributed by atoms with van der Waals surface area (Å²) < 4.78 is 5.22. The minimum absolute atomic E-state index is 0.155. The highest BCUT2D eigenvalue weighted by Gasteiger charge is 2.32. The topological polar surface area (TPSA) is 122 Å². The van der Waals surface area contributed by atoms with Gasteiger partial charge >= 0.3 is 5.97 Å². The van der Waals surface area contributed by atoms with Gasteiger partial charge in [0.15, 0.2) is 11.8 Å². The number of benzene rings is 2. The van der Waals surface area contributed by atoms with E-state index in [1.165, 1.54) is 23.9 Å². The van der Waals surface area contributed by atoms with Gasteiger partial charge in [-0.1, -0.05) is 12.1 Å². The number of nitrogens with two attached hydrogens (primary N) is 1. The molecule has 3 N–H and O–H groups in total. The van der Waals surface area contributed by atoms with Gasteiger partial charge in [0, 0.05) is 6.54 Å². The number of likely N-dealkylation sites (N-methyl/N-ethyl adjacent to an activating group) is 1. The van der Waals surface area contributed by atoms with Crippen molar-refractivity contribution in [2.75, 3.05) is 13.2 Å². The van der Waals surface area contributed by atoms with Crippen LogP contribution in [0.4, 0.5) is 5.69 Å². The lowest BCUT2D eigenvalue weighted by Crippen LogP contribution is -2.28. The Morgan fingerprint density at radius 1 is 1.17 bits per heavy atom. The van der Waals surface area contributed by atoms with Crippen molar-refractivity contribution in [3.8, 4) is 5.75 Å². The van der Waals surface area contributed by atoms with Crippen LogP contribution in [0, 0.1) is 0 Å². The molecule has 1 fully saturated rings. The van der Waals surface area contributed by atoms with Crippen LogP contribution in [-0.2, 0) is 9.59 Å². The lowest BCUT2D eigenvalue weighted by Gasteiger charge is -2.12. The molecule has 3 rings (SSSR count). The standard InChI is InChI=1S/C21H19N3O5S/c1-2-24-19(26)17(11-13-3-9-16(10-4-13)29-12-18(22)25)30-21(24)23-15-7-5-14(6-8-15)20(27)28/h3-11H,2,12H2,1H3,(H2,22,25)(H,27,28)/b17-11-,23-21?. The monoisotopic (exact) mass is 425 g/mol. The van der Waals surface area contributed by atoms with E-state index in [0.717, 1.165) is 5.56 Å². The van der Waals surface area contributed by atoms with Crippen LogP contribution >= 0.6 is 11.8 Å². The number of hydrogen-bond donors (Lipinski definition) is 2. The molecule has 9 heteroatoms. The Labute approximate surface area is 177 Å². The Morgan fingerprint density at radius 2 is 1.83 bits per heavy atom. The second kappa shape index (κ2) is 9.27. The quantitative estimate of drug-likeness (QED) is 0.658. The van der Waals surface area contributed by atoms with Gasteiger partial charge < -0.3 is 15.6 Å². The highest BCUT2D eigenvalue weighted by atomic mass is 32.2. The van der Waals surface area contributed by atoms with Crippen molar-refractivity contribution in [2.24, 2.45) is 10.7 Å². The van der Waals surface area contributed by atoms with Crippen molar-refractivity contribution in [3.05, 3.63) is 64.6 Å². The summed E-state index contributed by atoms with van der Waals surface area (Å²) in [5.41, 5.74) is 6.58. The van der Waals surface area contributed by atoms with Gasteiger partial charge in [-0.15, -0.1) is 0 Å². The fourth-order valence-electron chi connectivity index (χ4n) is 2.63. The van der Waals surface area contributed by atoms with Gasteiger partial charge in [0.25, 0.3) is 11.8 Å². The Balaban J connectivity index is 1.79. The molecule has 2 amide bonds. The molecule has 0 radical (unpaired) electrons. The van der Waals surface area contributed by atoms with Gasteiger partial charge in [0.2, 0.25) is 0 Å². The van der Waals surface area contributed by atoms with Crippen molar-refractivity contribution in [1.29, 1.82) is 0 Å². The fourth-order valence-corrected chi connectivity index (χ4v) is 3.69. The first-order chi connectivity index (χ1) is 14.4. The Bertz CT molecular complexity index is 1030. The predicted octanol–water partition coefficient (Wildman–Crippen LogP) is 2.87. The number of rotatable bonds is 7. The maximum Gasteiger partial charge on any atom is 0.335 e. The Hall–Kier alpha value is -3.59. The van der Waals surface area contributed by atoms with E-state index in [1.807, 2.05) is 6.92 Å². The number of aromatic carboxylic acids is 1. The molecular weight excluding hydrogens is 406 g/mol. The lowest BCUT2D eigenvalue weighted by atomic mass is 10.2. The molecule has 0 aromatic heterocycles. The zero-order valence-electron chi connectivity index (χ0n) is 16.1. The molecule has 2 aromatic carbocycles. The third kappa shape index (κ3) is 5.06. The highest BCUT2D eigenvalue weighted by Crippen LogP contribution is 2.34. The molecule has 0 spiro atoms. The molecule has 2 aromatic rings. The normalized spacial score (nSPS) is 16.3. The summed E-state index contributed by atoms with van der Waals surface area (Å²) in [6.45, 7) is 2.11. The molecule has 1 aliphatic heterocycles. The SMILES string of the molecule is CCN1C(=O)/C(=C/c2ccc(OCC(N)=O)cc2)SC1=Nc1ccc(C(=O)O)cc1. The first-order valence-corrected chi connectivity index (χ1v) is 9.83. The second-order valence-corrected chi connectivity index (χ2v) is 7.24.